The minimum atomic E-state index is -0.528. The second kappa shape index (κ2) is 9.87. The molecule has 35 heavy (non-hydrogen) atoms. The number of ether oxygens (including phenoxy) is 2. The first-order chi connectivity index (χ1) is 16.8. The van der Waals surface area contributed by atoms with Gasteiger partial charge < -0.3 is 14.5 Å². The highest BCUT2D eigenvalue weighted by atomic mass is 35.5. The van der Waals surface area contributed by atoms with E-state index in [0.29, 0.717) is 40.6 Å². The number of H-pyrrole nitrogens is 1. The normalized spacial score (nSPS) is 10.6. The van der Waals surface area contributed by atoms with E-state index in [0.717, 1.165) is 5.56 Å². The molecule has 0 saturated heterocycles. The monoisotopic (exact) mass is 488 g/mol. The van der Waals surface area contributed by atoms with Crippen molar-refractivity contribution in [2.75, 3.05) is 6.61 Å². The van der Waals surface area contributed by atoms with Crippen LogP contribution in [0.25, 0.3) is 16.8 Å². The van der Waals surface area contributed by atoms with Gasteiger partial charge in [0, 0.05) is 11.3 Å². The van der Waals surface area contributed by atoms with Crippen LogP contribution >= 0.6 is 11.6 Å². The molecule has 176 valence electrons. The number of hydrogen-bond donors (Lipinski definition) is 1. The average molecular weight is 489 g/mol. The molecule has 0 spiro atoms. The zero-order valence-electron chi connectivity index (χ0n) is 19.3. The van der Waals surface area contributed by atoms with Crippen LogP contribution in [0.2, 0.25) is 5.02 Å². The van der Waals surface area contributed by atoms with Crippen LogP contribution in [0.5, 0.6) is 17.2 Å². The van der Waals surface area contributed by atoms with E-state index < -0.39 is 11.1 Å². The first-order valence-electron chi connectivity index (χ1n) is 10.8. The molecule has 2 aromatic carbocycles. The maximum Gasteiger partial charge on any atom is 0.294 e. The lowest BCUT2D eigenvalue weighted by atomic mass is 10.0. The fraction of sp³-hybridized carbons (Fsp3) is 0.154. The quantitative estimate of drug-likeness (QED) is 0.412. The molecule has 1 N–H and O–H groups in total. The van der Waals surface area contributed by atoms with Crippen molar-refractivity contribution in [3.63, 3.8) is 0 Å². The molecule has 0 amide bonds. The number of hydrogen-bond acceptors (Lipinski definition) is 6. The van der Waals surface area contributed by atoms with Crippen molar-refractivity contribution in [1.82, 2.24) is 14.8 Å². The van der Waals surface area contributed by atoms with Crippen LogP contribution in [-0.2, 0) is 0 Å². The summed E-state index contributed by atoms with van der Waals surface area (Å²) in [5, 5.41) is 13.5. The summed E-state index contributed by atoms with van der Waals surface area (Å²) in [6.45, 7) is 5.83. The van der Waals surface area contributed by atoms with E-state index in [-0.39, 0.29) is 16.3 Å². The summed E-state index contributed by atoms with van der Waals surface area (Å²) in [4.78, 5) is 27.7. The van der Waals surface area contributed by atoms with Gasteiger partial charge >= 0.3 is 0 Å². The lowest BCUT2D eigenvalue weighted by Crippen LogP contribution is -2.21. The third-order valence-corrected chi connectivity index (χ3v) is 5.57. The third-order valence-electron chi connectivity index (χ3n) is 5.22. The maximum atomic E-state index is 12.8. The van der Waals surface area contributed by atoms with Crippen molar-refractivity contribution in [2.45, 2.75) is 20.8 Å². The average Bonchev–Trinajstić information content (AvgIpc) is 2.83. The van der Waals surface area contributed by atoms with E-state index in [2.05, 4.69) is 10.1 Å². The van der Waals surface area contributed by atoms with Crippen molar-refractivity contribution in [2.24, 2.45) is 0 Å². The van der Waals surface area contributed by atoms with Crippen LogP contribution in [0.4, 0.5) is 0 Å². The predicted molar refractivity (Wildman–Crippen MR) is 133 cm³/mol. The van der Waals surface area contributed by atoms with Gasteiger partial charge in [0.25, 0.3) is 11.1 Å². The second-order valence-corrected chi connectivity index (χ2v) is 8.13. The first-order valence-corrected chi connectivity index (χ1v) is 11.1. The van der Waals surface area contributed by atoms with E-state index in [4.69, 9.17) is 21.1 Å². The van der Waals surface area contributed by atoms with Crippen LogP contribution in [-0.4, -0.2) is 21.4 Å². The Morgan fingerprint density at radius 2 is 1.80 bits per heavy atom. The molecular weight excluding hydrogens is 468 g/mol. The molecular formula is C26H21ClN4O4. The van der Waals surface area contributed by atoms with E-state index in [9.17, 15) is 14.9 Å². The fourth-order valence-electron chi connectivity index (χ4n) is 3.53. The van der Waals surface area contributed by atoms with Crippen LogP contribution in [0.3, 0.4) is 0 Å². The lowest BCUT2D eigenvalue weighted by molar-refractivity contribution is 0.321. The standard InChI is InChI=1S/C26H21ClN4O4/c1-4-34-22-12-17(19-11-16(3)30-25(32)20(19)13-28)7-10-21(22)35-23-14-29-31(26(33)24(23)27)18-8-5-15(2)6-9-18/h5-12,14H,4H2,1-3H3,(H,30,32). The molecule has 8 nitrogen and oxygen atoms in total. The Morgan fingerprint density at radius 1 is 1.06 bits per heavy atom. The van der Waals surface area contributed by atoms with Crippen LogP contribution in [0.1, 0.15) is 23.7 Å². The summed E-state index contributed by atoms with van der Waals surface area (Å²) in [7, 11) is 0. The van der Waals surface area contributed by atoms with Crippen molar-refractivity contribution in [3.8, 4) is 40.1 Å². The van der Waals surface area contributed by atoms with Gasteiger partial charge in [0.15, 0.2) is 22.3 Å². The molecule has 0 aliphatic rings. The van der Waals surface area contributed by atoms with E-state index >= 15 is 0 Å². The van der Waals surface area contributed by atoms with E-state index in [1.807, 2.05) is 32.0 Å². The van der Waals surface area contributed by atoms with Gasteiger partial charge in [0.1, 0.15) is 11.6 Å². The van der Waals surface area contributed by atoms with Gasteiger partial charge in [0.05, 0.1) is 18.5 Å². The largest absolute Gasteiger partial charge is 0.490 e. The van der Waals surface area contributed by atoms with Crippen LogP contribution < -0.4 is 20.6 Å². The van der Waals surface area contributed by atoms with E-state index in [1.54, 1.807) is 43.3 Å². The van der Waals surface area contributed by atoms with Crippen LogP contribution in [0, 0.1) is 25.2 Å². The Kier molecular flexibility index (Phi) is 6.71. The maximum absolute atomic E-state index is 12.8. The van der Waals surface area contributed by atoms with Crippen molar-refractivity contribution >= 4 is 11.6 Å². The Balaban J connectivity index is 1.73. The number of rotatable bonds is 6. The highest BCUT2D eigenvalue weighted by Crippen LogP contribution is 2.37. The molecule has 0 fully saturated rings. The second-order valence-electron chi connectivity index (χ2n) is 7.75. The van der Waals surface area contributed by atoms with E-state index in [1.165, 1.54) is 10.9 Å². The van der Waals surface area contributed by atoms with Gasteiger partial charge in [-0.1, -0.05) is 35.4 Å². The predicted octanol–water partition coefficient (Wildman–Crippen LogP) is 4.92. The minimum absolute atomic E-state index is 0.00122. The van der Waals surface area contributed by atoms with Gasteiger partial charge in [-0.25, -0.2) is 0 Å². The molecule has 0 bridgehead atoms. The van der Waals surface area contributed by atoms with Crippen molar-refractivity contribution < 1.29 is 9.47 Å². The minimum Gasteiger partial charge on any atom is -0.490 e. The number of aryl methyl sites for hydroxylation is 2. The Morgan fingerprint density at radius 3 is 2.49 bits per heavy atom. The summed E-state index contributed by atoms with van der Waals surface area (Å²) in [6, 6.07) is 16.0. The number of aromatic amines is 1. The van der Waals surface area contributed by atoms with Gasteiger partial charge in [-0.3, -0.25) is 9.59 Å². The summed E-state index contributed by atoms with van der Waals surface area (Å²) in [6.07, 6.45) is 1.36. The number of aromatic nitrogens is 3. The summed E-state index contributed by atoms with van der Waals surface area (Å²) in [5.41, 5.74) is 2.33. The molecule has 2 aromatic heterocycles. The molecule has 4 aromatic rings. The van der Waals surface area contributed by atoms with Gasteiger partial charge in [-0.05, 0) is 56.7 Å². The van der Waals surface area contributed by atoms with Crippen molar-refractivity contribution in [1.29, 1.82) is 5.26 Å². The number of nitrogens with one attached hydrogen (secondary N) is 1. The highest BCUT2D eigenvalue weighted by molar-refractivity contribution is 6.31. The summed E-state index contributed by atoms with van der Waals surface area (Å²) in [5.74, 6) is 0.718. The van der Waals surface area contributed by atoms with Gasteiger partial charge in [-0.2, -0.15) is 15.0 Å². The zero-order chi connectivity index (χ0) is 25.1. The Hall–Kier alpha value is -4.35. The Labute approximate surface area is 206 Å². The molecule has 0 radical (unpaired) electrons. The number of benzene rings is 2. The summed E-state index contributed by atoms with van der Waals surface area (Å²) < 4.78 is 12.8. The topological polar surface area (TPSA) is 110 Å². The number of nitriles is 1. The first kappa shape index (κ1) is 23.8. The molecule has 0 unspecified atom stereocenters. The summed E-state index contributed by atoms with van der Waals surface area (Å²) >= 11 is 6.35. The smallest absolute Gasteiger partial charge is 0.294 e. The molecule has 4 rings (SSSR count). The molecule has 9 heteroatoms. The van der Waals surface area contributed by atoms with Crippen molar-refractivity contribution in [3.05, 3.63) is 97.3 Å². The Bertz CT molecular complexity index is 1570. The zero-order valence-corrected chi connectivity index (χ0v) is 20.0. The van der Waals surface area contributed by atoms with Gasteiger partial charge in [0.2, 0.25) is 0 Å². The number of halogens is 1. The van der Waals surface area contributed by atoms with Crippen LogP contribution in [0.15, 0.2) is 64.3 Å². The SMILES string of the molecule is CCOc1cc(-c2cc(C)[nH]c(=O)c2C#N)ccc1Oc1cnn(-c2ccc(C)cc2)c(=O)c1Cl. The molecule has 2 heterocycles. The molecule has 0 aliphatic heterocycles. The number of nitrogens with zero attached hydrogens (tertiary/aromatic N) is 3. The molecule has 0 atom stereocenters. The van der Waals surface area contributed by atoms with Gasteiger partial charge in [-0.15, -0.1) is 0 Å². The number of pyridine rings is 1. The third kappa shape index (κ3) is 4.81. The highest BCUT2D eigenvalue weighted by Gasteiger charge is 2.17. The lowest BCUT2D eigenvalue weighted by Gasteiger charge is -2.15. The molecule has 0 aliphatic carbocycles. The molecule has 0 saturated carbocycles. The fourth-order valence-corrected chi connectivity index (χ4v) is 3.70.